The van der Waals surface area contributed by atoms with Crippen molar-refractivity contribution in [1.82, 2.24) is 0 Å². The highest BCUT2D eigenvalue weighted by Crippen LogP contribution is 2.28. The van der Waals surface area contributed by atoms with Gasteiger partial charge in [0.2, 0.25) is 0 Å². The zero-order chi connectivity index (χ0) is 13.4. The van der Waals surface area contributed by atoms with E-state index < -0.39 is 0 Å². The number of nitrogens with two attached hydrogens (primary N) is 1. The number of carbonyl (C=O) groups is 1. The molecule has 3 rings (SSSR count). The molecular weight excluding hydrogens is 262 g/mol. The lowest BCUT2D eigenvalue weighted by Crippen LogP contribution is -2.05. The molecule has 2 aromatic carbocycles. The van der Waals surface area contributed by atoms with E-state index in [-0.39, 0.29) is 5.78 Å². The first-order valence-electron chi connectivity index (χ1n) is 6.00. The van der Waals surface area contributed by atoms with Crippen molar-refractivity contribution in [2.45, 2.75) is 6.42 Å². The number of fused-ring (bicyclic) bond motifs is 1. The third kappa shape index (κ3) is 2.17. The fourth-order valence-corrected chi connectivity index (χ4v) is 2.38. The number of rotatable bonds is 2. The summed E-state index contributed by atoms with van der Waals surface area (Å²) in [6, 6.07) is 10.4. The zero-order valence-corrected chi connectivity index (χ0v) is 10.9. The van der Waals surface area contributed by atoms with Gasteiger partial charge >= 0.3 is 0 Å². The van der Waals surface area contributed by atoms with Crippen LogP contribution in [0.25, 0.3) is 0 Å². The largest absolute Gasteiger partial charge is 0.493 e. The second-order valence-corrected chi connectivity index (χ2v) is 4.92. The molecule has 0 atom stereocenters. The standard InChI is InChI=1S/C15H12ClNO2/c16-11-2-3-13(17)12(8-11)15(18)10-1-4-14-9(7-10)5-6-19-14/h1-4,7-8H,5-6,17H2. The van der Waals surface area contributed by atoms with Gasteiger partial charge in [-0.3, -0.25) is 4.79 Å². The molecule has 0 spiro atoms. The lowest BCUT2D eigenvalue weighted by Gasteiger charge is -2.07. The number of ketones is 1. The van der Waals surface area contributed by atoms with E-state index in [4.69, 9.17) is 22.1 Å². The van der Waals surface area contributed by atoms with E-state index in [1.165, 1.54) is 0 Å². The summed E-state index contributed by atoms with van der Waals surface area (Å²) in [6.07, 6.45) is 0.835. The molecule has 96 valence electrons. The van der Waals surface area contributed by atoms with E-state index in [1.54, 1.807) is 24.3 Å². The molecule has 2 aromatic rings. The topological polar surface area (TPSA) is 52.3 Å². The van der Waals surface area contributed by atoms with Crippen LogP contribution in [0.15, 0.2) is 36.4 Å². The quantitative estimate of drug-likeness (QED) is 0.676. The molecule has 0 unspecified atom stereocenters. The van der Waals surface area contributed by atoms with Crippen molar-refractivity contribution < 1.29 is 9.53 Å². The number of carbonyl (C=O) groups excluding carboxylic acids is 1. The van der Waals surface area contributed by atoms with Gasteiger partial charge in [-0.1, -0.05) is 11.6 Å². The first kappa shape index (κ1) is 12.1. The highest BCUT2D eigenvalue weighted by atomic mass is 35.5. The Hall–Kier alpha value is -2.00. The van der Waals surface area contributed by atoms with Crippen LogP contribution in [0.5, 0.6) is 5.75 Å². The van der Waals surface area contributed by atoms with Gasteiger partial charge in [0.1, 0.15) is 5.75 Å². The first-order valence-corrected chi connectivity index (χ1v) is 6.38. The first-order chi connectivity index (χ1) is 9.15. The Morgan fingerprint density at radius 1 is 1.21 bits per heavy atom. The van der Waals surface area contributed by atoms with Crippen molar-refractivity contribution >= 4 is 23.1 Å². The minimum atomic E-state index is -0.116. The smallest absolute Gasteiger partial charge is 0.195 e. The van der Waals surface area contributed by atoms with Gasteiger partial charge in [-0.15, -0.1) is 0 Å². The molecule has 0 aromatic heterocycles. The van der Waals surface area contributed by atoms with Crippen molar-refractivity contribution in [3.05, 3.63) is 58.1 Å². The minimum Gasteiger partial charge on any atom is -0.493 e. The number of benzene rings is 2. The maximum absolute atomic E-state index is 12.4. The minimum absolute atomic E-state index is 0.116. The fraction of sp³-hybridized carbons (Fsp3) is 0.133. The number of anilines is 1. The van der Waals surface area contributed by atoms with E-state index >= 15 is 0 Å². The molecule has 3 nitrogen and oxygen atoms in total. The second kappa shape index (κ2) is 4.59. The summed E-state index contributed by atoms with van der Waals surface area (Å²) in [5, 5.41) is 0.502. The van der Waals surface area contributed by atoms with Gasteiger partial charge < -0.3 is 10.5 Å². The molecule has 1 aliphatic heterocycles. The van der Waals surface area contributed by atoms with Gasteiger partial charge in [0, 0.05) is 28.3 Å². The SMILES string of the molecule is Nc1ccc(Cl)cc1C(=O)c1ccc2c(c1)CCO2. The average molecular weight is 274 g/mol. The van der Waals surface area contributed by atoms with Crippen molar-refractivity contribution in [2.24, 2.45) is 0 Å². The Bertz CT molecular complexity index is 667. The maximum Gasteiger partial charge on any atom is 0.195 e. The highest BCUT2D eigenvalue weighted by Gasteiger charge is 2.17. The van der Waals surface area contributed by atoms with Gasteiger partial charge in [0.15, 0.2) is 5.78 Å². The summed E-state index contributed by atoms with van der Waals surface area (Å²) in [5.74, 6) is 0.741. The van der Waals surface area contributed by atoms with Crippen molar-refractivity contribution in [1.29, 1.82) is 0 Å². The van der Waals surface area contributed by atoms with Gasteiger partial charge in [0.05, 0.1) is 6.61 Å². The van der Waals surface area contributed by atoms with Crippen LogP contribution < -0.4 is 10.5 Å². The Morgan fingerprint density at radius 3 is 2.89 bits per heavy atom. The van der Waals surface area contributed by atoms with E-state index in [0.29, 0.717) is 28.4 Å². The summed E-state index contributed by atoms with van der Waals surface area (Å²) in [7, 11) is 0. The van der Waals surface area contributed by atoms with Crippen molar-refractivity contribution in [3.8, 4) is 5.75 Å². The third-order valence-electron chi connectivity index (χ3n) is 3.21. The van der Waals surface area contributed by atoms with E-state index in [0.717, 1.165) is 17.7 Å². The Morgan fingerprint density at radius 2 is 2.05 bits per heavy atom. The van der Waals surface area contributed by atoms with Gasteiger partial charge in [-0.05, 0) is 42.0 Å². The monoisotopic (exact) mass is 273 g/mol. The Labute approximate surface area is 115 Å². The number of hydrogen-bond acceptors (Lipinski definition) is 3. The zero-order valence-electron chi connectivity index (χ0n) is 10.2. The average Bonchev–Trinajstić information content (AvgIpc) is 2.88. The predicted octanol–water partition coefficient (Wildman–Crippen LogP) is 3.09. The second-order valence-electron chi connectivity index (χ2n) is 4.48. The molecular formula is C15H12ClNO2. The summed E-state index contributed by atoms with van der Waals surface area (Å²) < 4.78 is 5.42. The molecule has 0 aliphatic carbocycles. The maximum atomic E-state index is 12.4. The molecule has 0 saturated heterocycles. The van der Waals surface area contributed by atoms with Crippen molar-refractivity contribution in [3.63, 3.8) is 0 Å². The summed E-state index contributed by atoms with van der Waals surface area (Å²) in [6.45, 7) is 0.673. The molecule has 1 aliphatic rings. The molecule has 2 N–H and O–H groups in total. The van der Waals surface area contributed by atoms with E-state index in [2.05, 4.69) is 0 Å². The van der Waals surface area contributed by atoms with Crippen LogP contribution in [0, 0.1) is 0 Å². The van der Waals surface area contributed by atoms with Crippen LogP contribution in [0.2, 0.25) is 5.02 Å². The van der Waals surface area contributed by atoms with Gasteiger partial charge in [0.25, 0.3) is 0 Å². The molecule has 0 fully saturated rings. The number of halogens is 1. The van der Waals surface area contributed by atoms with Crippen molar-refractivity contribution in [2.75, 3.05) is 12.3 Å². The Balaban J connectivity index is 2.02. The lowest BCUT2D eigenvalue weighted by molar-refractivity contribution is 0.103. The Kier molecular flexibility index (Phi) is 2.91. The fourth-order valence-electron chi connectivity index (χ4n) is 2.21. The number of hydrogen-bond donors (Lipinski definition) is 1. The van der Waals surface area contributed by atoms with E-state index in [9.17, 15) is 4.79 Å². The molecule has 1 heterocycles. The van der Waals surface area contributed by atoms with Crippen LogP contribution in [0.4, 0.5) is 5.69 Å². The van der Waals surface area contributed by atoms with Crippen LogP contribution in [-0.4, -0.2) is 12.4 Å². The molecule has 0 bridgehead atoms. The van der Waals surface area contributed by atoms with Gasteiger partial charge in [-0.25, -0.2) is 0 Å². The number of nitrogen functional groups attached to an aromatic ring is 1. The van der Waals surface area contributed by atoms with E-state index in [1.807, 2.05) is 12.1 Å². The summed E-state index contributed by atoms with van der Waals surface area (Å²) in [4.78, 5) is 12.4. The third-order valence-corrected chi connectivity index (χ3v) is 3.45. The van der Waals surface area contributed by atoms with Crippen LogP contribution in [0.3, 0.4) is 0 Å². The van der Waals surface area contributed by atoms with Crippen LogP contribution >= 0.6 is 11.6 Å². The molecule has 0 radical (unpaired) electrons. The molecule has 0 amide bonds. The highest BCUT2D eigenvalue weighted by molar-refractivity contribution is 6.31. The normalized spacial score (nSPS) is 12.9. The number of ether oxygens (including phenoxy) is 1. The lowest BCUT2D eigenvalue weighted by atomic mass is 9.99. The summed E-state index contributed by atoms with van der Waals surface area (Å²) >= 11 is 5.91. The van der Waals surface area contributed by atoms with Gasteiger partial charge in [-0.2, -0.15) is 0 Å². The molecule has 4 heteroatoms. The van der Waals surface area contributed by atoms with Crippen LogP contribution in [0.1, 0.15) is 21.5 Å². The molecule has 0 saturated carbocycles. The summed E-state index contributed by atoms with van der Waals surface area (Å²) in [5.41, 5.74) is 8.38. The predicted molar refractivity (Wildman–Crippen MR) is 74.9 cm³/mol. The van der Waals surface area contributed by atoms with Crippen LogP contribution in [-0.2, 0) is 6.42 Å². The molecule has 19 heavy (non-hydrogen) atoms.